The van der Waals surface area contributed by atoms with Crippen LogP contribution in [0.2, 0.25) is 0 Å². The fourth-order valence-electron chi connectivity index (χ4n) is 2.12. The van der Waals surface area contributed by atoms with E-state index in [1.54, 1.807) is 0 Å². The van der Waals surface area contributed by atoms with E-state index < -0.39 is 0 Å². The van der Waals surface area contributed by atoms with Crippen LogP contribution in [0.1, 0.15) is 31.9 Å². The van der Waals surface area contributed by atoms with Crippen LogP contribution >= 0.6 is 0 Å². The highest BCUT2D eigenvalue weighted by Gasteiger charge is 2.13. The van der Waals surface area contributed by atoms with E-state index in [4.69, 9.17) is 10.1 Å². The van der Waals surface area contributed by atoms with Gasteiger partial charge in [-0.3, -0.25) is 5.41 Å². The van der Waals surface area contributed by atoms with E-state index in [2.05, 4.69) is 51.1 Å². The monoisotopic (exact) mass is 267 g/mol. The van der Waals surface area contributed by atoms with Crippen molar-refractivity contribution in [2.75, 3.05) is 7.11 Å². The Balaban J connectivity index is 2.35. The Labute approximate surface area is 120 Å². The van der Waals surface area contributed by atoms with Gasteiger partial charge in [-0.25, -0.2) is 0 Å². The molecule has 2 heteroatoms. The van der Waals surface area contributed by atoms with Gasteiger partial charge in [0.05, 0.1) is 7.11 Å². The summed E-state index contributed by atoms with van der Waals surface area (Å²) in [6.45, 7) is 6.63. The van der Waals surface area contributed by atoms with Gasteiger partial charge in [0.2, 0.25) is 5.90 Å². The molecule has 0 saturated heterocycles. The second-order valence-electron chi connectivity index (χ2n) is 5.94. The number of rotatable bonds is 2. The van der Waals surface area contributed by atoms with Crippen molar-refractivity contribution < 1.29 is 4.74 Å². The van der Waals surface area contributed by atoms with E-state index in [0.29, 0.717) is 0 Å². The van der Waals surface area contributed by atoms with Crippen molar-refractivity contribution in [1.29, 1.82) is 5.41 Å². The SMILES string of the molecule is COC(=N)c1cccc(-c2ccc(C(C)(C)C)cc2)c1. The van der Waals surface area contributed by atoms with Crippen molar-refractivity contribution in [3.63, 3.8) is 0 Å². The second kappa shape index (κ2) is 5.49. The Morgan fingerprint density at radius 3 is 2.15 bits per heavy atom. The molecule has 0 bridgehead atoms. The van der Waals surface area contributed by atoms with Crippen molar-refractivity contribution in [3.8, 4) is 11.1 Å². The number of methoxy groups -OCH3 is 1. The minimum atomic E-state index is 0.165. The van der Waals surface area contributed by atoms with Crippen molar-refractivity contribution >= 4 is 5.90 Å². The predicted molar refractivity (Wildman–Crippen MR) is 84.4 cm³/mol. The normalized spacial score (nSPS) is 11.2. The molecule has 0 saturated carbocycles. The fourth-order valence-corrected chi connectivity index (χ4v) is 2.12. The number of hydrogen-bond donors (Lipinski definition) is 1. The van der Waals surface area contributed by atoms with Gasteiger partial charge in [-0.05, 0) is 34.2 Å². The molecule has 0 aromatic heterocycles. The molecule has 2 aromatic carbocycles. The van der Waals surface area contributed by atoms with Gasteiger partial charge >= 0.3 is 0 Å². The van der Waals surface area contributed by atoms with E-state index in [1.165, 1.54) is 12.7 Å². The van der Waals surface area contributed by atoms with Crippen molar-refractivity contribution in [2.45, 2.75) is 26.2 Å². The first kappa shape index (κ1) is 14.3. The molecule has 0 spiro atoms. The molecule has 1 N–H and O–H groups in total. The summed E-state index contributed by atoms with van der Waals surface area (Å²) in [5, 5.41) is 7.73. The smallest absolute Gasteiger partial charge is 0.212 e. The molecule has 104 valence electrons. The zero-order valence-electron chi connectivity index (χ0n) is 12.5. The first-order valence-electron chi connectivity index (χ1n) is 6.76. The number of hydrogen-bond acceptors (Lipinski definition) is 2. The van der Waals surface area contributed by atoms with Gasteiger partial charge in [-0.2, -0.15) is 0 Å². The van der Waals surface area contributed by atoms with Crippen molar-refractivity contribution in [2.24, 2.45) is 0 Å². The molecule has 0 aliphatic carbocycles. The first-order valence-corrected chi connectivity index (χ1v) is 6.76. The van der Waals surface area contributed by atoms with Crippen molar-refractivity contribution in [3.05, 3.63) is 59.7 Å². The Kier molecular flexibility index (Phi) is 3.93. The lowest BCUT2D eigenvalue weighted by atomic mass is 9.86. The van der Waals surface area contributed by atoms with Crippen LogP contribution in [0.25, 0.3) is 11.1 Å². The largest absolute Gasteiger partial charge is 0.481 e. The maximum atomic E-state index is 7.73. The van der Waals surface area contributed by atoms with Gasteiger partial charge in [0.25, 0.3) is 0 Å². The highest BCUT2D eigenvalue weighted by atomic mass is 16.5. The minimum absolute atomic E-state index is 0.165. The van der Waals surface area contributed by atoms with E-state index in [1.807, 2.05) is 18.2 Å². The van der Waals surface area contributed by atoms with Crippen LogP contribution in [0.3, 0.4) is 0 Å². The molecule has 0 heterocycles. The predicted octanol–water partition coefficient (Wildman–Crippen LogP) is 4.62. The van der Waals surface area contributed by atoms with Gasteiger partial charge in [0.15, 0.2) is 0 Å². The average molecular weight is 267 g/mol. The maximum absolute atomic E-state index is 7.73. The molecule has 0 aliphatic rings. The Morgan fingerprint density at radius 2 is 1.60 bits per heavy atom. The van der Waals surface area contributed by atoms with E-state index in [9.17, 15) is 0 Å². The highest BCUT2D eigenvalue weighted by Crippen LogP contribution is 2.26. The van der Waals surface area contributed by atoms with Gasteiger partial charge < -0.3 is 4.74 Å². The van der Waals surface area contributed by atoms with Gasteiger partial charge in [-0.15, -0.1) is 0 Å². The maximum Gasteiger partial charge on any atom is 0.212 e. The van der Waals surface area contributed by atoms with Crippen molar-refractivity contribution in [1.82, 2.24) is 0 Å². The molecule has 0 fully saturated rings. The molecular formula is C18H21NO. The number of benzene rings is 2. The summed E-state index contributed by atoms with van der Waals surface area (Å²) in [7, 11) is 1.52. The van der Waals surface area contributed by atoms with Crippen LogP contribution in [0, 0.1) is 5.41 Å². The molecule has 2 nitrogen and oxygen atoms in total. The zero-order valence-corrected chi connectivity index (χ0v) is 12.5. The molecule has 0 unspecified atom stereocenters. The number of ether oxygens (including phenoxy) is 1. The third kappa shape index (κ3) is 3.08. The summed E-state index contributed by atoms with van der Waals surface area (Å²) in [6, 6.07) is 16.5. The Hall–Kier alpha value is -2.09. The highest BCUT2D eigenvalue weighted by molar-refractivity contribution is 5.92. The lowest BCUT2D eigenvalue weighted by Gasteiger charge is -2.19. The van der Waals surface area contributed by atoms with Gasteiger partial charge in [0.1, 0.15) is 0 Å². The summed E-state index contributed by atoms with van der Waals surface area (Å²) >= 11 is 0. The van der Waals surface area contributed by atoms with Gasteiger partial charge in [0, 0.05) is 5.56 Å². The first-order chi connectivity index (χ1) is 9.41. The average Bonchev–Trinajstić information content (AvgIpc) is 2.46. The fraction of sp³-hybridized carbons (Fsp3) is 0.278. The molecule has 20 heavy (non-hydrogen) atoms. The van der Waals surface area contributed by atoms with E-state index >= 15 is 0 Å². The molecule has 0 radical (unpaired) electrons. The van der Waals surface area contributed by atoms with Crippen LogP contribution in [-0.2, 0) is 10.2 Å². The van der Waals surface area contributed by atoms with Gasteiger partial charge in [-0.1, -0.05) is 57.2 Å². The molecule has 0 atom stereocenters. The summed E-state index contributed by atoms with van der Waals surface area (Å²) in [5.41, 5.74) is 4.54. The topological polar surface area (TPSA) is 33.1 Å². The van der Waals surface area contributed by atoms with E-state index in [0.717, 1.165) is 16.7 Å². The molecular weight excluding hydrogens is 246 g/mol. The van der Waals surface area contributed by atoms with Crippen LogP contribution < -0.4 is 0 Å². The molecule has 0 amide bonds. The minimum Gasteiger partial charge on any atom is -0.481 e. The van der Waals surface area contributed by atoms with Crippen LogP contribution in [-0.4, -0.2) is 13.0 Å². The Bertz CT molecular complexity index is 606. The lowest BCUT2D eigenvalue weighted by molar-refractivity contribution is 0.401. The summed E-state index contributed by atoms with van der Waals surface area (Å²) < 4.78 is 4.97. The number of nitrogens with one attached hydrogen (secondary N) is 1. The second-order valence-corrected chi connectivity index (χ2v) is 5.94. The zero-order chi connectivity index (χ0) is 14.8. The third-order valence-electron chi connectivity index (χ3n) is 3.41. The standard InChI is InChI=1S/C18H21NO/c1-18(2,3)16-10-8-13(9-11-16)14-6-5-7-15(12-14)17(19)20-4/h5-12,19H,1-4H3. The summed E-state index contributed by atoms with van der Waals surface area (Å²) in [5.74, 6) is 0.193. The molecule has 0 aliphatic heterocycles. The third-order valence-corrected chi connectivity index (χ3v) is 3.41. The quantitative estimate of drug-likeness (QED) is 0.625. The summed E-state index contributed by atoms with van der Waals surface area (Å²) in [6.07, 6.45) is 0. The molecule has 2 aromatic rings. The van der Waals surface area contributed by atoms with Crippen LogP contribution in [0.4, 0.5) is 0 Å². The lowest BCUT2D eigenvalue weighted by Crippen LogP contribution is -2.10. The van der Waals surface area contributed by atoms with Crippen LogP contribution in [0.5, 0.6) is 0 Å². The summed E-state index contributed by atoms with van der Waals surface area (Å²) in [4.78, 5) is 0. The Morgan fingerprint density at radius 1 is 0.950 bits per heavy atom. The van der Waals surface area contributed by atoms with E-state index in [-0.39, 0.29) is 11.3 Å². The van der Waals surface area contributed by atoms with Crippen LogP contribution in [0.15, 0.2) is 48.5 Å². The molecule has 2 rings (SSSR count).